The van der Waals surface area contributed by atoms with Gasteiger partial charge in [-0.25, -0.2) is 4.79 Å². The smallest absolute Gasteiger partial charge is 0.330 e. The summed E-state index contributed by atoms with van der Waals surface area (Å²) in [4.78, 5) is 24.5. The molecule has 1 unspecified atom stereocenters. The van der Waals surface area contributed by atoms with Crippen LogP contribution in [-0.4, -0.2) is 27.9 Å². The molecule has 0 spiro atoms. The topological polar surface area (TPSA) is 84.3 Å². The summed E-state index contributed by atoms with van der Waals surface area (Å²) in [5.74, 6) is 0. The number of aliphatic hydroxyl groups excluding tert-OH is 1. The average molecular weight is 228 g/mol. The van der Waals surface area contributed by atoms with Crippen molar-refractivity contribution in [3.8, 4) is 0 Å². The van der Waals surface area contributed by atoms with Gasteiger partial charge in [0.25, 0.3) is 5.56 Å². The molecule has 6 heteroatoms. The van der Waals surface area contributed by atoms with Crippen molar-refractivity contribution in [2.75, 3.05) is 13.2 Å². The fourth-order valence-corrected chi connectivity index (χ4v) is 1.39. The third kappa shape index (κ3) is 3.32. The maximum Gasteiger partial charge on any atom is 0.330 e. The highest BCUT2D eigenvalue weighted by molar-refractivity contribution is 4.84. The van der Waals surface area contributed by atoms with Gasteiger partial charge < -0.3 is 9.84 Å². The zero-order valence-corrected chi connectivity index (χ0v) is 9.18. The molecule has 0 aliphatic heterocycles. The molecule has 2 N–H and O–H groups in total. The number of ether oxygens (including phenoxy) is 1. The Morgan fingerprint density at radius 1 is 1.56 bits per heavy atom. The van der Waals surface area contributed by atoms with Gasteiger partial charge in [0.05, 0.1) is 13.2 Å². The molecule has 1 rings (SSSR count). The minimum atomic E-state index is -0.496. The molecule has 1 aromatic rings. The molecule has 16 heavy (non-hydrogen) atoms. The van der Waals surface area contributed by atoms with Crippen LogP contribution in [0.3, 0.4) is 0 Å². The van der Waals surface area contributed by atoms with Gasteiger partial charge in [-0.15, -0.1) is 0 Å². The Bertz CT molecular complexity index is 423. The van der Waals surface area contributed by atoms with Gasteiger partial charge in [0.2, 0.25) is 0 Å². The standard InChI is InChI=1S/C10H16N2O4/c1-2-3-9(16-7-6-13)12-5-4-8(14)11-10(12)15/h4-5,9,13H,2-3,6-7H2,1H3,(H,11,14,15). The Morgan fingerprint density at radius 3 is 2.88 bits per heavy atom. The van der Waals surface area contributed by atoms with Crippen molar-refractivity contribution in [1.29, 1.82) is 0 Å². The first-order valence-corrected chi connectivity index (χ1v) is 5.23. The number of H-pyrrole nitrogens is 1. The Labute approximate surface area is 92.5 Å². The number of nitrogens with zero attached hydrogens (tertiary/aromatic N) is 1. The minimum Gasteiger partial charge on any atom is -0.394 e. The molecule has 0 fully saturated rings. The van der Waals surface area contributed by atoms with Crippen LogP contribution in [0.5, 0.6) is 0 Å². The summed E-state index contributed by atoms with van der Waals surface area (Å²) in [6.45, 7) is 2.03. The lowest BCUT2D eigenvalue weighted by Crippen LogP contribution is -2.32. The van der Waals surface area contributed by atoms with Crippen molar-refractivity contribution < 1.29 is 9.84 Å². The molecule has 0 aliphatic rings. The summed E-state index contributed by atoms with van der Waals surface area (Å²) >= 11 is 0. The summed E-state index contributed by atoms with van der Waals surface area (Å²) in [5, 5.41) is 8.67. The molecule has 1 aromatic heterocycles. The van der Waals surface area contributed by atoms with E-state index >= 15 is 0 Å². The Kier molecular flexibility index (Phi) is 4.94. The van der Waals surface area contributed by atoms with Gasteiger partial charge in [0, 0.05) is 12.3 Å². The molecular formula is C10H16N2O4. The predicted molar refractivity (Wildman–Crippen MR) is 58.3 cm³/mol. The van der Waals surface area contributed by atoms with E-state index in [-0.39, 0.29) is 13.2 Å². The first kappa shape index (κ1) is 12.7. The van der Waals surface area contributed by atoms with E-state index in [1.54, 1.807) is 0 Å². The van der Waals surface area contributed by atoms with Gasteiger partial charge in [-0.1, -0.05) is 13.3 Å². The van der Waals surface area contributed by atoms with Crippen LogP contribution in [-0.2, 0) is 4.74 Å². The van der Waals surface area contributed by atoms with E-state index in [0.717, 1.165) is 6.42 Å². The van der Waals surface area contributed by atoms with Crippen LogP contribution in [0.15, 0.2) is 21.9 Å². The van der Waals surface area contributed by atoms with Crippen molar-refractivity contribution >= 4 is 0 Å². The highest BCUT2D eigenvalue weighted by Crippen LogP contribution is 2.11. The van der Waals surface area contributed by atoms with Gasteiger partial charge >= 0.3 is 5.69 Å². The zero-order valence-electron chi connectivity index (χ0n) is 9.18. The van der Waals surface area contributed by atoms with Crippen LogP contribution >= 0.6 is 0 Å². The molecule has 90 valence electrons. The first-order chi connectivity index (χ1) is 7.69. The Hall–Kier alpha value is -1.40. The SMILES string of the molecule is CCCC(OCCO)n1ccc(=O)[nH]c1=O. The molecule has 1 atom stereocenters. The number of hydrogen-bond donors (Lipinski definition) is 2. The van der Waals surface area contributed by atoms with E-state index in [1.165, 1.54) is 16.8 Å². The van der Waals surface area contributed by atoms with Crippen LogP contribution in [0.4, 0.5) is 0 Å². The highest BCUT2D eigenvalue weighted by atomic mass is 16.5. The van der Waals surface area contributed by atoms with Crippen LogP contribution in [0.1, 0.15) is 26.0 Å². The number of hydrogen-bond acceptors (Lipinski definition) is 4. The summed E-state index contributed by atoms with van der Waals surface area (Å²) < 4.78 is 6.65. The normalized spacial score (nSPS) is 12.6. The molecule has 0 bridgehead atoms. The van der Waals surface area contributed by atoms with Gasteiger partial charge in [-0.3, -0.25) is 14.3 Å². The molecule has 0 amide bonds. The van der Waals surface area contributed by atoms with Gasteiger partial charge in [-0.2, -0.15) is 0 Å². The zero-order chi connectivity index (χ0) is 12.0. The first-order valence-electron chi connectivity index (χ1n) is 5.23. The van der Waals surface area contributed by atoms with Crippen molar-refractivity contribution in [1.82, 2.24) is 9.55 Å². The second-order valence-electron chi connectivity index (χ2n) is 3.36. The minimum absolute atomic E-state index is 0.0989. The van der Waals surface area contributed by atoms with E-state index in [0.29, 0.717) is 6.42 Å². The fraction of sp³-hybridized carbons (Fsp3) is 0.600. The van der Waals surface area contributed by atoms with Crippen molar-refractivity contribution in [3.63, 3.8) is 0 Å². The third-order valence-electron chi connectivity index (χ3n) is 2.10. The lowest BCUT2D eigenvalue weighted by molar-refractivity contribution is -0.0232. The number of nitrogens with one attached hydrogen (secondary N) is 1. The van der Waals surface area contributed by atoms with E-state index in [4.69, 9.17) is 9.84 Å². The molecule has 0 aromatic carbocycles. The second kappa shape index (κ2) is 6.24. The maximum absolute atomic E-state index is 11.5. The molecule has 6 nitrogen and oxygen atoms in total. The van der Waals surface area contributed by atoms with Crippen molar-refractivity contribution in [2.24, 2.45) is 0 Å². The summed E-state index contributed by atoms with van der Waals surface area (Å²) in [6, 6.07) is 1.27. The van der Waals surface area contributed by atoms with Crippen LogP contribution in [0, 0.1) is 0 Å². The van der Waals surface area contributed by atoms with Gasteiger partial charge in [0.15, 0.2) is 0 Å². The van der Waals surface area contributed by atoms with E-state index in [2.05, 4.69) is 4.98 Å². The fourth-order valence-electron chi connectivity index (χ4n) is 1.39. The predicted octanol–water partition coefficient (Wildman–Crippen LogP) is -0.156. The molecule has 0 radical (unpaired) electrons. The van der Waals surface area contributed by atoms with Crippen molar-refractivity contribution in [3.05, 3.63) is 33.1 Å². The molecule has 0 saturated heterocycles. The van der Waals surface area contributed by atoms with Crippen LogP contribution in [0.2, 0.25) is 0 Å². The summed E-state index contributed by atoms with van der Waals surface area (Å²) in [6.07, 6.45) is 2.44. The highest BCUT2D eigenvalue weighted by Gasteiger charge is 2.11. The number of aromatic amines is 1. The summed E-state index contributed by atoms with van der Waals surface area (Å²) in [5.41, 5.74) is -0.928. The molecular weight excluding hydrogens is 212 g/mol. The average Bonchev–Trinajstić information content (AvgIpc) is 2.25. The Balaban J connectivity index is 2.91. The monoisotopic (exact) mass is 228 g/mol. The Morgan fingerprint density at radius 2 is 2.31 bits per heavy atom. The van der Waals surface area contributed by atoms with Crippen LogP contribution in [0.25, 0.3) is 0 Å². The van der Waals surface area contributed by atoms with Crippen molar-refractivity contribution in [2.45, 2.75) is 26.0 Å². The number of aromatic nitrogens is 2. The molecule has 1 heterocycles. The number of aliphatic hydroxyl groups is 1. The van der Waals surface area contributed by atoms with E-state index in [1.807, 2.05) is 6.92 Å². The summed E-state index contributed by atoms with van der Waals surface area (Å²) in [7, 11) is 0. The largest absolute Gasteiger partial charge is 0.394 e. The lowest BCUT2D eigenvalue weighted by atomic mass is 10.3. The van der Waals surface area contributed by atoms with Crippen LogP contribution < -0.4 is 11.2 Å². The third-order valence-corrected chi connectivity index (χ3v) is 2.10. The van der Waals surface area contributed by atoms with E-state index < -0.39 is 17.5 Å². The maximum atomic E-state index is 11.5. The number of rotatable bonds is 6. The van der Waals surface area contributed by atoms with Gasteiger partial charge in [-0.05, 0) is 6.42 Å². The van der Waals surface area contributed by atoms with Gasteiger partial charge in [0.1, 0.15) is 6.23 Å². The second-order valence-corrected chi connectivity index (χ2v) is 3.36. The molecule has 0 saturated carbocycles. The molecule has 0 aliphatic carbocycles. The lowest BCUT2D eigenvalue weighted by Gasteiger charge is -2.18. The quantitative estimate of drug-likeness (QED) is 0.708. The van der Waals surface area contributed by atoms with E-state index in [9.17, 15) is 9.59 Å².